The molecule has 2 heteroatoms. The van der Waals surface area contributed by atoms with Crippen molar-refractivity contribution < 1.29 is 0 Å². The van der Waals surface area contributed by atoms with Gasteiger partial charge in [-0.1, -0.05) is 51.0 Å². The summed E-state index contributed by atoms with van der Waals surface area (Å²) in [7, 11) is 0. The highest BCUT2D eigenvalue weighted by Crippen LogP contribution is 2.40. The minimum Gasteiger partial charge on any atom is -0.314 e. The third kappa shape index (κ3) is 3.07. The van der Waals surface area contributed by atoms with Gasteiger partial charge in [-0.3, -0.25) is 4.90 Å². The zero-order valence-electron chi connectivity index (χ0n) is 13.0. The highest BCUT2D eigenvalue weighted by molar-refractivity contribution is 5.30. The number of benzene rings is 1. The maximum absolute atomic E-state index is 3.70. The van der Waals surface area contributed by atoms with Gasteiger partial charge in [0.05, 0.1) is 0 Å². The molecule has 0 radical (unpaired) electrons. The number of nitrogens with zero attached hydrogens (tertiary/aromatic N) is 1. The van der Waals surface area contributed by atoms with Crippen molar-refractivity contribution in [1.82, 2.24) is 10.2 Å². The third-order valence-electron chi connectivity index (χ3n) is 5.01. The molecule has 0 spiro atoms. The number of hydrogen-bond acceptors (Lipinski definition) is 2. The Morgan fingerprint density at radius 3 is 2.25 bits per heavy atom. The van der Waals surface area contributed by atoms with E-state index < -0.39 is 0 Å². The molecule has 0 saturated heterocycles. The standard InChI is InChI=1S/C18H28N2/c1-15(2)19-13-18(9-5-6-10-18)14-20-11-16-7-3-4-8-17(16)12-20/h3-4,7-8,15,19H,5-6,9-14H2,1-2H3. The van der Waals surface area contributed by atoms with E-state index in [-0.39, 0.29) is 0 Å². The van der Waals surface area contributed by atoms with Crippen LogP contribution in [0.1, 0.15) is 50.7 Å². The first-order valence-corrected chi connectivity index (χ1v) is 8.19. The van der Waals surface area contributed by atoms with Gasteiger partial charge < -0.3 is 5.32 Å². The molecular weight excluding hydrogens is 244 g/mol. The fraction of sp³-hybridized carbons (Fsp3) is 0.667. The monoisotopic (exact) mass is 272 g/mol. The first kappa shape index (κ1) is 14.1. The highest BCUT2D eigenvalue weighted by Gasteiger charge is 2.36. The lowest BCUT2D eigenvalue weighted by Gasteiger charge is -2.34. The van der Waals surface area contributed by atoms with Crippen molar-refractivity contribution in [2.75, 3.05) is 13.1 Å². The van der Waals surface area contributed by atoms with Gasteiger partial charge in [-0.15, -0.1) is 0 Å². The molecule has 1 aliphatic carbocycles. The molecule has 0 atom stereocenters. The second-order valence-electron chi connectivity index (χ2n) is 7.16. The van der Waals surface area contributed by atoms with Crippen molar-refractivity contribution in [3.63, 3.8) is 0 Å². The van der Waals surface area contributed by atoms with Gasteiger partial charge in [-0.25, -0.2) is 0 Å². The van der Waals surface area contributed by atoms with E-state index in [0.717, 1.165) is 13.1 Å². The van der Waals surface area contributed by atoms with Crippen LogP contribution in [0.25, 0.3) is 0 Å². The first-order valence-electron chi connectivity index (χ1n) is 8.19. The van der Waals surface area contributed by atoms with Crippen molar-refractivity contribution >= 4 is 0 Å². The summed E-state index contributed by atoms with van der Waals surface area (Å²) in [5.41, 5.74) is 3.60. The molecule has 1 fully saturated rings. The predicted octanol–water partition coefficient (Wildman–Crippen LogP) is 3.56. The third-order valence-corrected chi connectivity index (χ3v) is 5.01. The highest BCUT2D eigenvalue weighted by atomic mass is 15.2. The van der Waals surface area contributed by atoms with Crippen LogP contribution in [0.3, 0.4) is 0 Å². The van der Waals surface area contributed by atoms with Gasteiger partial charge in [0.15, 0.2) is 0 Å². The van der Waals surface area contributed by atoms with Gasteiger partial charge in [-0.05, 0) is 29.4 Å². The Hall–Kier alpha value is -0.860. The maximum atomic E-state index is 3.70. The maximum Gasteiger partial charge on any atom is 0.0240 e. The molecule has 1 N–H and O–H groups in total. The van der Waals surface area contributed by atoms with E-state index in [2.05, 4.69) is 48.3 Å². The second kappa shape index (κ2) is 5.87. The van der Waals surface area contributed by atoms with Crippen LogP contribution < -0.4 is 5.32 Å². The van der Waals surface area contributed by atoms with Crippen LogP contribution in [0.4, 0.5) is 0 Å². The lowest BCUT2D eigenvalue weighted by Crippen LogP contribution is -2.42. The summed E-state index contributed by atoms with van der Waals surface area (Å²) in [5.74, 6) is 0. The Kier molecular flexibility index (Phi) is 4.13. The Bertz CT molecular complexity index is 421. The minimum absolute atomic E-state index is 0.520. The van der Waals surface area contributed by atoms with Crippen molar-refractivity contribution in [1.29, 1.82) is 0 Å². The first-order chi connectivity index (χ1) is 9.67. The fourth-order valence-electron chi connectivity index (χ4n) is 3.93. The van der Waals surface area contributed by atoms with Crippen LogP contribution in [0.15, 0.2) is 24.3 Å². The summed E-state index contributed by atoms with van der Waals surface area (Å²) in [6.45, 7) is 9.28. The van der Waals surface area contributed by atoms with Crippen LogP contribution in [0, 0.1) is 5.41 Å². The van der Waals surface area contributed by atoms with Gasteiger partial charge in [0, 0.05) is 32.2 Å². The van der Waals surface area contributed by atoms with Gasteiger partial charge >= 0.3 is 0 Å². The molecule has 3 rings (SSSR count). The van der Waals surface area contributed by atoms with Crippen molar-refractivity contribution in [3.8, 4) is 0 Å². The van der Waals surface area contributed by atoms with Crippen molar-refractivity contribution in [3.05, 3.63) is 35.4 Å². The van der Waals surface area contributed by atoms with E-state index in [9.17, 15) is 0 Å². The molecule has 0 bridgehead atoms. The zero-order valence-corrected chi connectivity index (χ0v) is 13.0. The molecular formula is C18H28N2. The van der Waals surface area contributed by atoms with Gasteiger partial charge in [0.25, 0.3) is 0 Å². The molecule has 20 heavy (non-hydrogen) atoms. The Labute approximate surface area is 123 Å². The molecule has 1 saturated carbocycles. The summed E-state index contributed by atoms with van der Waals surface area (Å²) < 4.78 is 0. The van der Waals surface area contributed by atoms with Crippen LogP contribution in [0.2, 0.25) is 0 Å². The summed E-state index contributed by atoms with van der Waals surface area (Å²) >= 11 is 0. The second-order valence-corrected chi connectivity index (χ2v) is 7.16. The average Bonchev–Trinajstić information content (AvgIpc) is 3.03. The smallest absolute Gasteiger partial charge is 0.0240 e. The van der Waals surface area contributed by atoms with E-state index in [1.165, 1.54) is 49.9 Å². The van der Waals surface area contributed by atoms with Crippen LogP contribution in [-0.2, 0) is 13.1 Å². The summed E-state index contributed by atoms with van der Waals surface area (Å²) in [6, 6.07) is 9.54. The average molecular weight is 272 g/mol. The molecule has 110 valence electrons. The van der Waals surface area contributed by atoms with Crippen LogP contribution >= 0.6 is 0 Å². The van der Waals surface area contributed by atoms with E-state index >= 15 is 0 Å². The fourth-order valence-corrected chi connectivity index (χ4v) is 3.93. The molecule has 0 unspecified atom stereocenters. The normalized spacial score (nSPS) is 21.6. The van der Waals surface area contributed by atoms with Crippen molar-refractivity contribution in [2.45, 2.75) is 58.7 Å². The van der Waals surface area contributed by atoms with E-state index in [1.54, 1.807) is 0 Å². The number of nitrogens with one attached hydrogen (secondary N) is 1. The molecule has 1 aliphatic heterocycles. The Morgan fingerprint density at radius 1 is 1.10 bits per heavy atom. The molecule has 2 aliphatic rings. The van der Waals surface area contributed by atoms with E-state index in [1.807, 2.05) is 0 Å². The SMILES string of the molecule is CC(C)NCC1(CN2Cc3ccccc3C2)CCCC1. The lowest BCUT2D eigenvalue weighted by atomic mass is 9.85. The Balaban J connectivity index is 1.63. The van der Waals surface area contributed by atoms with Gasteiger partial charge in [0.2, 0.25) is 0 Å². The molecule has 0 amide bonds. The quantitative estimate of drug-likeness (QED) is 0.881. The van der Waals surface area contributed by atoms with E-state index in [0.29, 0.717) is 11.5 Å². The summed E-state index contributed by atoms with van der Waals surface area (Å²) in [4.78, 5) is 2.66. The minimum atomic E-state index is 0.520. The molecule has 1 aromatic carbocycles. The van der Waals surface area contributed by atoms with E-state index in [4.69, 9.17) is 0 Å². The number of fused-ring (bicyclic) bond motifs is 1. The molecule has 1 aromatic rings. The molecule has 0 aromatic heterocycles. The number of hydrogen-bond donors (Lipinski definition) is 1. The van der Waals surface area contributed by atoms with Crippen molar-refractivity contribution in [2.24, 2.45) is 5.41 Å². The largest absolute Gasteiger partial charge is 0.314 e. The van der Waals surface area contributed by atoms with Gasteiger partial charge in [-0.2, -0.15) is 0 Å². The topological polar surface area (TPSA) is 15.3 Å². The zero-order chi connectivity index (χ0) is 14.0. The summed E-state index contributed by atoms with van der Waals surface area (Å²) in [6.07, 6.45) is 5.64. The summed E-state index contributed by atoms with van der Waals surface area (Å²) in [5, 5.41) is 3.70. The van der Waals surface area contributed by atoms with Gasteiger partial charge in [0.1, 0.15) is 0 Å². The van der Waals surface area contributed by atoms with Crippen LogP contribution in [0.5, 0.6) is 0 Å². The lowest BCUT2D eigenvalue weighted by molar-refractivity contribution is 0.146. The van der Waals surface area contributed by atoms with Crippen LogP contribution in [-0.4, -0.2) is 24.0 Å². The predicted molar refractivity (Wildman–Crippen MR) is 84.6 cm³/mol. The Morgan fingerprint density at radius 2 is 1.70 bits per heavy atom. The molecule has 2 nitrogen and oxygen atoms in total. The number of rotatable bonds is 5. The molecule has 1 heterocycles.